The molecule has 2 aromatic carbocycles. The van der Waals surface area contributed by atoms with Gasteiger partial charge in [0.15, 0.2) is 0 Å². The van der Waals surface area contributed by atoms with Gasteiger partial charge in [-0.2, -0.15) is 0 Å². The van der Waals surface area contributed by atoms with Crippen LogP contribution in [-0.2, 0) is 16.0 Å². The molecule has 0 unspecified atom stereocenters. The van der Waals surface area contributed by atoms with E-state index < -0.39 is 5.41 Å². The number of hydrogen-bond acceptors (Lipinski definition) is 3. The van der Waals surface area contributed by atoms with E-state index in [0.717, 1.165) is 30.9 Å². The van der Waals surface area contributed by atoms with Gasteiger partial charge >= 0.3 is 0 Å². The molecule has 1 aliphatic carbocycles. The first kappa shape index (κ1) is 19.5. The fourth-order valence-corrected chi connectivity index (χ4v) is 3.92. The Bertz CT molecular complexity index is 864. The molecule has 0 spiro atoms. The normalized spacial score (nSPS) is 17.5. The molecular weight excluding hydrogens is 362 g/mol. The maximum atomic E-state index is 12.8. The van der Waals surface area contributed by atoms with Crippen molar-refractivity contribution >= 4 is 28.9 Å². The molecule has 1 heterocycles. The average molecular weight is 392 g/mol. The summed E-state index contributed by atoms with van der Waals surface area (Å²) < 4.78 is 0. The number of carbonyl (C=O) groups excluding carboxylic acids is 2. The van der Waals surface area contributed by atoms with Crippen LogP contribution >= 0.6 is 0 Å². The van der Waals surface area contributed by atoms with E-state index in [2.05, 4.69) is 34.6 Å². The third kappa shape index (κ3) is 4.29. The molecule has 2 aliphatic rings. The Balaban J connectivity index is 1.37. The van der Waals surface area contributed by atoms with Crippen molar-refractivity contribution < 1.29 is 9.59 Å². The zero-order chi connectivity index (χ0) is 20.3. The number of hydrogen-bond donors (Lipinski definition) is 2. The molecule has 2 amide bonds. The minimum Gasteiger partial charge on any atom is -0.372 e. The quantitative estimate of drug-likeness (QED) is 0.708. The first-order valence-corrected chi connectivity index (χ1v) is 10.7. The lowest BCUT2D eigenvalue weighted by atomic mass is 10.0. The number of benzene rings is 2. The summed E-state index contributed by atoms with van der Waals surface area (Å²) in [6, 6.07) is 15.7. The van der Waals surface area contributed by atoms with Crippen LogP contribution in [0.1, 0.15) is 44.6 Å². The Kier molecular flexibility index (Phi) is 5.56. The molecule has 1 saturated carbocycles. The minimum atomic E-state index is -0.949. The summed E-state index contributed by atoms with van der Waals surface area (Å²) >= 11 is 0. The van der Waals surface area contributed by atoms with Crippen LogP contribution in [0.4, 0.5) is 17.1 Å². The molecular formula is C24H29N3O2. The molecule has 1 saturated heterocycles. The Labute approximate surface area is 172 Å². The van der Waals surface area contributed by atoms with Crippen LogP contribution in [0.2, 0.25) is 0 Å². The molecule has 29 heavy (non-hydrogen) atoms. The fourth-order valence-electron chi connectivity index (χ4n) is 3.92. The van der Waals surface area contributed by atoms with Crippen LogP contribution in [0, 0.1) is 5.41 Å². The van der Waals surface area contributed by atoms with Crippen LogP contribution < -0.4 is 15.5 Å². The van der Waals surface area contributed by atoms with Crippen molar-refractivity contribution in [2.75, 3.05) is 28.6 Å². The summed E-state index contributed by atoms with van der Waals surface area (Å²) in [4.78, 5) is 28.0. The van der Waals surface area contributed by atoms with Crippen molar-refractivity contribution in [1.82, 2.24) is 0 Å². The van der Waals surface area contributed by atoms with Gasteiger partial charge in [0.25, 0.3) is 0 Å². The van der Waals surface area contributed by atoms with Gasteiger partial charge in [0.1, 0.15) is 5.41 Å². The van der Waals surface area contributed by atoms with E-state index >= 15 is 0 Å². The maximum Gasteiger partial charge on any atom is 0.240 e. The zero-order valence-electron chi connectivity index (χ0n) is 17.0. The van der Waals surface area contributed by atoms with Gasteiger partial charge in [-0.3, -0.25) is 9.59 Å². The lowest BCUT2D eigenvalue weighted by Crippen LogP contribution is -2.35. The number of rotatable bonds is 6. The van der Waals surface area contributed by atoms with Gasteiger partial charge in [-0.15, -0.1) is 0 Å². The summed E-state index contributed by atoms with van der Waals surface area (Å²) in [6.45, 7) is 4.28. The summed E-state index contributed by atoms with van der Waals surface area (Å²) in [5, 5.41) is 5.85. The second-order valence-corrected chi connectivity index (χ2v) is 8.14. The average Bonchev–Trinajstić information content (AvgIpc) is 3.58. The summed E-state index contributed by atoms with van der Waals surface area (Å²) in [5.74, 6) is -0.435. The highest BCUT2D eigenvalue weighted by molar-refractivity contribution is 6.16. The summed E-state index contributed by atoms with van der Waals surface area (Å²) in [7, 11) is 0. The molecule has 0 bridgehead atoms. The Morgan fingerprint density at radius 3 is 1.83 bits per heavy atom. The van der Waals surface area contributed by atoms with E-state index in [-0.39, 0.29) is 11.8 Å². The van der Waals surface area contributed by atoms with Gasteiger partial charge in [0.2, 0.25) is 11.8 Å². The van der Waals surface area contributed by atoms with Crippen molar-refractivity contribution in [1.29, 1.82) is 0 Å². The van der Waals surface area contributed by atoms with E-state index in [4.69, 9.17) is 0 Å². The first-order valence-electron chi connectivity index (χ1n) is 10.7. The third-order valence-electron chi connectivity index (χ3n) is 6.09. The minimum absolute atomic E-state index is 0.217. The molecule has 0 radical (unpaired) electrons. The lowest BCUT2D eigenvalue weighted by Gasteiger charge is -2.28. The van der Waals surface area contributed by atoms with E-state index in [0.29, 0.717) is 12.8 Å². The number of aryl methyl sites for hydroxylation is 1. The maximum absolute atomic E-state index is 12.8. The van der Waals surface area contributed by atoms with Gasteiger partial charge < -0.3 is 15.5 Å². The van der Waals surface area contributed by atoms with Gasteiger partial charge in [-0.25, -0.2) is 0 Å². The van der Waals surface area contributed by atoms with Crippen molar-refractivity contribution in [3.63, 3.8) is 0 Å². The Morgan fingerprint density at radius 2 is 1.34 bits per heavy atom. The van der Waals surface area contributed by atoms with Crippen molar-refractivity contribution in [3.05, 3.63) is 54.1 Å². The predicted molar refractivity (Wildman–Crippen MR) is 117 cm³/mol. The topological polar surface area (TPSA) is 61.4 Å². The number of nitrogens with zero attached hydrogens (tertiary/aromatic N) is 1. The van der Waals surface area contributed by atoms with E-state index in [9.17, 15) is 9.59 Å². The Hall–Kier alpha value is -2.82. The van der Waals surface area contributed by atoms with Gasteiger partial charge in [0, 0.05) is 30.2 Å². The zero-order valence-corrected chi connectivity index (χ0v) is 17.0. The van der Waals surface area contributed by atoms with Crippen LogP contribution in [-0.4, -0.2) is 24.9 Å². The largest absolute Gasteiger partial charge is 0.372 e. The van der Waals surface area contributed by atoms with Crippen LogP contribution in [0.5, 0.6) is 0 Å². The monoisotopic (exact) mass is 391 g/mol. The number of nitrogens with one attached hydrogen (secondary N) is 2. The standard InChI is InChI=1S/C24H29N3O2/c1-2-18-6-8-19(9-7-18)25-22(28)24(14-15-24)23(29)26-20-10-12-21(13-11-20)27-16-4-3-5-17-27/h6-13H,2-5,14-17H2,1H3,(H,25,28)(H,26,29). The highest BCUT2D eigenvalue weighted by Gasteiger charge is 2.56. The van der Waals surface area contributed by atoms with Crippen molar-refractivity contribution in [3.8, 4) is 0 Å². The molecule has 2 aromatic rings. The van der Waals surface area contributed by atoms with E-state index in [1.807, 2.05) is 36.4 Å². The molecule has 5 nitrogen and oxygen atoms in total. The summed E-state index contributed by atoms with van der Waals surface area (Å²) in [5.41, 5.74) is 2.93. The fraction of sp³-hybridized carbons (Fsp3) is 0.417. The molecule has 4 rings (SSSR count). The molecule has 0 atom stereocenters. The highest BCUT2D eigenvalue weighted by atomic mass is 16.2. The third-order valence-corrected chi connectivity index (χ3v) is 6.09. The molecule has 152 valence electrons. The van der Waals surface area contributed by atoms with Gasteiger partial charge in [-0.1, -0.05) is 19.1 Å². The lowest BCUT2D eigenvalue weighted by molar-refractivity contribution is -0.131. The van der Waals surface area contributed by atoms with Crippen LogP contribution in [0.25, 0.3) is 0 Å². The second-order valence-electron chi connectivity index (χ2n) is 8.14. The Morgan fingerprint density at radius 1 is 0.828 bits per heavy atom. The van der Waals surface area contributed by atoms with Gasteiger partial charge in [-0.05, 0) is 80.5 Å². The second kappa shape index (κ2) is 8.27. The number of piperidine rings is 1. The SMILES string of the molecule is CCc1ccc(NC(=O)C2(C(=O)Nc3ccc(N4CCCCC4)cc3)CC2)cc1. The smallest absolute Gasteiger partial charge is 0.240 e. The number of anilines is 3. The molecule has 5 heteroatoms. The van der Waals surface area contributed by atoms with E-state index in [1.54, 1.807) is 0 Å². The van der Waals surface area contributed by atoms with Gasteiger partial charge in [0.05, 0.1) is 0 Å². The first-order chi connectivity index (χ1) is 14.1. The van der Waals surface area contributed by atoms with Crippen LogP contribution in [0.15, 0.2) is 48.5 Å². The molecule has 0 aromatic heterocycles. The molecule has 1 aliphatic heterocycles. The van der Waals surface area contributed by atoms with Crippen molar-refractivity contribution in [2.45, 2.75) is 45.4 Å². The molecule has 2 fully saturated rings. The number of carbonyl (C=O) groups is 2. The summed E-state index contributed by atoms with van der Waals surface area (Å²) in [6.07, 6.45) is 5.90. The highest BCUT2D eigenvalue weighted by Crippen LogP contribution is 2.47. The predicted octanol–water partition coefficient (Wildman–Crippen LogP) is 4.60. The van der Waals surface area contributed by atoms with Crippen LogP contribution in [0.3, 0.4) is 0 Å². The van der Waals surface area contributed by atoms with Crippen molar-refractivity contribution in [2.24, 2.45) is 5.41 Å². The molecule has 2 N–H and O–H groups in total. The van der Waals surface area contributed by atoms with E-state index in [1.165, 1.54) is 30.5 Å². The number of amides is 2.